The van der Waals surface area contributed by atoms with E-state index >= 15 is 0 Å². The number of thioether (sulfide) groups is 1. The Morgan fingerprint density at radius 3 is 2.79 bits per heavy atom. The van der Waals surface area contributed by atoms with Crippen LogP contribution in [0.2, 0.25) is 0 Å². The molecule has 3 rings (SSSR count). The van der Waals surface area contributed by atoms with Crippen molar-refractivity contribution < 1.29 is 9.32 Å². The van der Waals surface area contributed by atoms with Crippen molar-refractivity contribution in [2.24, 2.45) is 5.92 Å². The van der Waals surface area contributed by atoms with E-state index < -0.39 is 0 Å². The van der Waals surface area contributed by atoms with Gasteiger partial charge in [-0.15, -0.1) is 0 Å². The topological polar surface area (TPSA) is 71.3 Å². The second-order valence-electron chi connectivity index (χ2n) is 8.70. The molecule has 0 aliphatic carbocycles. The van der Waals surface area contributed by atoms with Gasteiger partial charge >= 0.3 is 0 Å². The first kappa shape index (κ1) is 21.8. The van der Waals surface area contributed by atoms with E-state index in [1.165, 1.54) is 5.56 Å². The molecular formula is C22H32N4O2S. The Bertz CT molecular complexity index is 798. The maximum atomic E-state index is 12.5. The molecule has 1 aromatic carbocycles. The van der Waals surface area contributed by atoms with E-state index in [1.54, 1.807) is 0 Å². The number of benzene rings is 1. The van der Waals surface area contributed by atoms with Gasteiger partial charge in [-0.3, -0.25) is 9.69 Å². The minimum atomic E-state index is 0.0304. The van der Waals surface area contributed by atoms with Gasteiger partial charge in [0.2, 0.25) is 17.6 Å². The Balaban J connectivity index is 1.48. The van der Waals surface area contributed by atoms with Crippen LogP contribution in [-0.2, 0) is 11.3 Å². The minimum Gasteiger partial charge on any atom is -0.355 e. The largest absolute Gasteiger partial charge is 0.355 e. The van der Waals surface area contributed by atoms with E-state index in [0.717, 1.165) is 43.8 Å². The number of likely N-dealkylation sites (tertiary alicyclic amines) is 1. The van der Waals surface area contributed by atoms with Crippen LogP contribution in [0.4, 0.5) is 0 Å². The molecule has 29 heavy (non-hydrogen) atoms. The van der Waals surface area contributed by atoms with Gasteiger partial charge in [0.1, 0.15) is 0 Å². The SMILES string of the molecule is Cc1ccc(-c2noc(CN3CCCC(C(=O)NCCSC(C)(C)C)C3)n2)cc1. The van der Waals surface area contributed by atoms with Crippen LogP contribution in [0.5, 0.6) is 0 Å². The summed E-state index contributed by atoms with van der Waals surface area (Å²) in [6.45, 7) is 11.6. The smallest absolute Gasteiger partial charge is 0.241 e. The average molecular weight is 417 g/mol. The van der Waals surface area contributed by atoms with Gasteiger partial charge < -0.3 is 9.84 Å². The summed E-state index contributed by atoms with van der Waals surface area (Å²) in [4.78, 5) is 19.3. The number of aromatic nitrogens is 2. The van der Waals surface area contributed by atoms with Crippen molar-refractivity contribution in [3.05, 3.63) is 35.7 Å². The summed E-state index contributed by atoms with van der Waals surface area (Å²) in [6, 6.07) is 8.09. The summed E-state index contributed by atoms with van der Waals surface area (Å²) < 4.78 is 5.68. The summed E-state index contributed by atoms with van der Waals surface area (Å²) in [6.07, 6.45) is 1.95. The van der Waals surface area contributed by atoms with Gasteiger partial charge in [-0.1, -0.05) is 55.8 Å². The number of rotatable bonds is 7. The Morgan fingerprint density at radius 2 is 2.07 bits per heavy atom. The number of aryl methyl sites for hydroxylation is 1. The molecule has 1 aliphatic heterocycles. The second kappa shape index (κ2) is 9.76. The number of amides is 1. The van der Waals surface area contributed by atoms with Crippen molar-refractivity contribution in [1.82, 2.24) is 20.4 Å². The summed E-state index contributed by atoms with van der Waals surface area (Å²) in [7, 11) is 0. The molecule has 1 amide bonds. The van der Waals surface area contributed by atoms with Crippen LogP contribution in [0.25, 0.3) is 11.4 Å². The highest BCUT2D eigenvalue weighted by molar-refractivity contribution is 8.00. The number of nitrogens with zero attached hydrogens (tertiary/aromatic N) is 3. The van der Waals surface area contributed by atoms with Gasteiger partial charge in [0.05, 0.1) is 12.5 Å². The molecule has 1 atom stereocenters. The van der Waals surface area contributed by atoms with Crippen LogP contribution in [0, 0.1) is 12.8 Å². The highest BCUT2D eigenvalue weighted by Gasteiger charge is 2.26. The average Bonchev–Trinajstić information content (AvgIpc) is 3.13. The van der Waals surface area contributed by atoms with E-state index in [4.69, 9.17) is 4.52 Å². The standard InChI is InChI=1S/C22H32N4O2S/c1-16-7-9-17(10-8-16)20-24-19(28-25-20)15-26-12-5-6-18(14-26)21(27)23-11-13-29-22(2,3)4/h7-10,18H,5-6,11-15H2,1-4H3,(H,23,27). The lowest BCUT2D eigenvalue weighted by Gasteiger charge is -2.31. The van der Waals surface area contributed by atoms with Gasteiger partial charge in [0, 0.05) is 29.2 Å². The normalized spacial score (nSPS) is 18.0. The molecule has 2 aromatic rings. The van der Waals surface area contributed by atoms with Crippen LogP contribution >= 0.6 is 11.8 Å². The van der Waals surface area contributed by atoms with E-state index in [0.29, 0.717) is 18.3 Å². The fraction of sp³-hybridized carbons (Fsp3) is 0.591. The number of hydrogen-bond acceptors (Lipinski definition) is 6. The predicted octanol–water partition coefficient (Wildman–Crippen LogP) is 3.90. The maximum absolute atomic E-state index is 12.5. The Kier molecular flexibility index (Phi) is 7.35. The van der Waals surface area contributed by atoms with Crippen molar-refractivity contribution >= 4 is 17.7 Å². The molecule has 0 spiro atoms. The molecule has 6 nitrogen and oxygen atoms in total. The maximum Gasteiger partial charge on any atom is 0.241 e. The third kappa shape index (κ3) is 6.85. The molecular weight excluding hydrogens is 384 g/mol. The fourth-order valence-electron chi connectivity index (χ4n) is 3.42. The zero-order valence-electron chi connectivity index (χ0n) is 17.9. The summed E-state index contributed by atoms with van der Waals surface area (Å²) in [5.74, 6) is 2.35. The highest BCUT2D eigenvalue weighted by Crippen LogP contribution is 2.23. The first-order chi connectivity index (χ1) is 13.8. The van der Waals surface area contributed by atoms with E-state index in [1.807, 2.05) is 36.0 Å². The molecule has 1 N–H and O–H groups in total. The summed E-state index contributed by atoms with van der Waals surface area (Å²) in [5, 5.41) is 7.21. The number of piperidine rings is 1. The number of carbonyl (C=O) groups excluding carboxylic acids is 1. The second-order valence-corrected chi connectivity index (χ2v) is 10.6. The Labute approximate surface area is 177 Å². The van der Waals surface area contributed by atoms with Crippen molar-refractivity contribution in [2.45, 2.75) is 51.8 Å². The lowest BCUT2D eigenvalue weighted by molar-refractivity contribution is -0.126. The molecule has 1 fully saturated rings. The highest BCUT2D eigenvalue weighted by atomic mass is 32.2. The molecule has 1 aliphatic rings. The molecule has 1 unspecified atom stereocenters. The zero-order valence-corrected chi connectivity index (χ0v) is 18.7. The lowest BCUT2D eigenvalue weighted by atomic mass is 9.97. The van der Waals surface area contributed by atoms with Crippen LogP contribution in [-0.4, -0.2) is 51.1 Å². The molecule has 0 radical (unpaired) electrons. The van der Waals surface area contributed by atoms with E-state index in [2.05, 4.69) is 48.1 Å². The van der Waals surface area contributed by atoms with Crippen molar-refractivity contribution in [2.75, 3.05) is 25.4 Å². The molecule has 1 aromatic heterocycles. The van der Waals surface area contributed by atoms with Crippen LogP contribution in [0.3, 0.4) is 0 Å². The Morgan fingerprint density at radius 1 is 1.31 bits per heavy atom. The molecule has 2 heterocycles. The summed E-state index contributed by atoms with van der Waals surface area (Å²) in [5.41, 5.74) is 2.15. The van der Waals surface area contributed by atoms with Crippen molar-refractivity contribution in [1.29, 1.82) is 0 Å². The monoisotopic (exact) mass is 416 g/mol. The number of carbonyl (C=O) groups is 1. The first-order valence-electron chi connectivity index (χ1n) is 10.3. The number of hydrogen-bond donors (Lipinski definition) is 1. The molecule has 7 heteroatoms. The third-order valence-corrected chi connectivity index (χ3v) is 6.22. The van der Waals surface area contributed by atoms with Crippen molar-refractivity contribution in [3.63, 3.8) is 0 Å². The van der Waals surface area contributed by atoms with Crippen LogP contribution in [0.15, 0.2) is 28.8 Å². The van der Waals surface area contributed by atoms with E-state index in [-0.39, 0.29) is 16.6 Å². The molecule has 1 saturated heterocycles. The van der Waals surface area contributed by atoms with Gasteiger partial charge in [-0.25, -0.2) is 0 Å². The first-order valence-corrected chi connectivity index (χ1v) is 11.3. The molecule has 0 bridgehead atoms. The van der Waals surface area contributed by atoms with Crippen molar-refractivity contribution in [3.8, 4) is 11.4 Å². The van der Waals surface area contributed by atoms with E-state index in [9.17, 15) is 4.79 Å². The van der Waals surface area contributed by atoms with Gasteiger partial charge in [0.25, 0.3) is 0 Å². The quantitative estimate of drug-likeness (QED) is 0.690. The Hall–Kier alpha value is -1.86. The van der Waals surface area contributed by atoms with Crippen LogP contribution in [0.1, 0.15) is 45.1 Å². The molecule has 0 saturated carbocycles. The predicted molar refractivity (Wildman–Crippen MR) is 118 cm³/mol. The van der Waals surface area contributed by atoms with Crippen LogP contribution < -0.4 is 5.32 Å². The van der Waals surface area contributed by atoms with Gasteiger partial charge in [0.15, 0.2) is 0 Å². The number of nitrogens with one attached hydrogen (secondary N) is 1. The van der Waals surface area contributed by atoms with Gasteiger partial charge in [-0.2, -0.15) is 16.7 Å². The fourth-order valence-corrected chi connectivity index (χ4v) is 4.24. The minimum absolute atomic E-state index is 0.0304. The lowest BCUT2D eigenvalue weighted by Crippen LogP contribution is -2.43. The summed E-state index contributed by atoms with van der Waals surface area (Å²) >= 11 is 1.87. The third-order valence-electron chi connectivity index (χ3n) is 4.95. The zero-order chi connectivity index (χ0) is 20.9. The molecule has 158 valence electrons. The van der Waals surface area contributed by atoms with Gasteiger partial charge in [-0.05, 0) is 26.3 Å².